The van der Waals surface area contributed by atoms with Crippen LogP contribution in [-0.2, 0) is 22.2 Å². The van der Waals surface area contributed by atoms with Gasteiger partial charge in [-0.05, 0) is 72.7 Å². The fourth-order valence-electron chi connectivity index (χ4n) is 6.41. The standard InChI is InChI=1S/C35H34F4N4O6/c1-20(2)28(40-29(44)26-19-23(35(37,38)39)9-12-27(26)36)30(45)42-15-13-34(14-16-42)32(48)41(3)33(49)43(34)24-10-11-25(31(46)47)22(18-24)17-21-7-5-4-6-8-21/h4-12,18-20,28H,13-17H2,1-3H3,(H,40,44)(H,46,47)/t28-/m1/s1. The van der Waals surface area contributed by atoms with E-state index in [-0.39, 0.29) is 37.9 Å². The molecule has 2 aliphatic rings. The third kappa shape index (κ3) is 6.72. The number of imide groups is 1. The van der Waals surface area contributed by atoms with Crippen LogP contribution in [0.4, 0.5) is 28.0 Å². The number of alkyl halides is 3. The number of aromatic carboxylic acids is 1. The van der Waals surface area contributed by atoms with Crippen molar-refractivity contribution in [1.82, 2.24) is 15.1 Å². The zero-order valence-corrected chi connectivity index (χ0v) is 26.9. The Hall–Kier alpha value is -5.27. The number of benzene rings is 3. The molecule has 0 unspecified atom stereocenters. The number of likely N-dealkylation sites (tertiary alicyclic amines) is 1. The Balaban J connectivity index is 1.38. The van der Waals surface area contributed by atoms with Crippen LogP contribution in [0.5, 0.6) is 0 Å². The minimum absolute atomic E-state index is 0.00334. The van der Waals surface area contributed by atoms with Gasteiger partial charge in [0.25, 0.3) is 11.8 Å². The molecule has 0 aliphatic carbocycles. The molecule has 10 nitrogen and oxygen atoms in total. The van der Waals surface area contributed by atoms with Crippen molar-refractivity contribution in [3.8, 4) is 0 Å². The predicted octanol–water partition coefficient (Wildman–Crippen LogP) is 5.35. The summed E-state index contributed by atoms with van der Waals surface area (Å²) in [4.78, 5) is 69.7. The Labute approximate surface area is 279 Å². The number of nitrogens with zero attached hydrogens (tertiary/aromatic N) is 3. The molecule has 2 aliphatic heterocycles. The lowest BCUT2D eigenvalue weighted by molar-refractivity contribution is -0.139. The number of rotatable bonds is 8. The highest BCUT2D eigenvalue weighted by Gasteiger charge is 2.58. The third-order valence-electron chi connectivity index (χ3n) is 9.08. The van der Waals surface area contributed by atoms with Crippen LogP contribution in [0.2, 0.25) is 0 Å². The summed E-state index contributed by atoms with van der Waals surface area (Å²) in [6.07, 6.45) is -4.56. The van der Waals surface area contributed by atoms with Gasteiger partial charge in [0.2, 0.25) is 5.91 Å². The first-order valence-corrected chi connectivity index (χ1v) is 15.5. The summed E-state index contributed by atoms with van der Waals surface area (Å²) < 4.78 is 54.1. The maximum absolute atomic E-state index is 14.4. The van der Waals surface area contributed by atoms with Crippen LogP contribution in [0.1, 0.15) is 64.1 Å². The lowest BCUT2D eigenvalue weighted by Crippen LogP contribution is -2.60. The molecule has 0 aromatic heterocycles. The molecule has 2 saturated heterocycles. The van der Waals surface area contributed by atoms with Gasteiger partial charge >= 0.3 is 18.2 Å². The van der Waals surface area contributed by atoms with E-state index in [2.05, 4.69) is 5.32 Å². The molecule has 3 aromatic carbocycles. The first kappa shape index (κ1) is 35.0. The van der Waals surface area contributed by atoms with E-state index in [4.69, 9.17) is 0 Å². The number of hydrogen-bond acceptors (Lipinski definition) is 5. The van der Waals surface area contributed by atoms with E-state index in [1.54, 1.807) is 19.9 Å². The summed E-state index contributed by atoms with van der Waals surface area (Å²) in [6, 6.07) is 13.2. The molecular weight excluding hydrogens is 648 g/mol. The highest BCUT2D eigenvalue weighted by molar-refractivity contribution is 6.17. The lowest BCUT2D eigenvalue weighted by atomic mass is 9.84. The van der Waals surface area contributed by atoms with Crippen molar-refractivity contribution in [2.24, 2.45) is 5.92 Å². The zero-order chi connectivity index (χ0) is 35.8. The Morgan fingerprint density at radius 3 is 2.18 bits per heavy atom. The number of halogens is 4. The first-order chi connectivity index (χ1) is 23.0. The van der Waals surface area contributed by atoms with Crippen molar-refractivity contribution in [1.29, 1.82) is 0 Å². The fraction of sp³-hybridized carbons (Fsp3) is 0.343. The number of amides is 5. The highest BCUT2D eigenvalue weighted by atomic mass is 19.4. The topological polar surface area (TPSA) is 127 Å². The van der Waals surface area contributed by atoms with Gasteiger partial charge in [0.05, 0.1) is 16.7 Å². The van der Waals surface area contributed by atoms with Crippen molar-refractivity contribution in [2.75, 3.05) is 25.0 Å². The van der Waals surface area contributed by atoms with Crippen LogP contribution in [0.25, 0.3) is 0 Å². The highest BCUT2D eigenvalue weighted by Crippen LogP contribution is 2.41. The van der Waals surface area contributed by atoms with Crippen LogP contribution in [0.15, 0.2) is 66.7 Å². The minimum Gasteiger partial charge on any atom is -0.478 e. The van der Waals surface area contributed by atoms with E-state index in [9.17, 15) is 46.6 Å². The second kappa shape index (κ2) is 13.3. The van der Waals surface area contributed by atoms with Gasteiger partial charge in [-0.1, -0.05) is 44.2 Å². The first-order valence-electron chi connectivity index (χ1n) is 15.5. The minimum atomic E-state index is -4.82. The molecule has 0 saturated carbocycles. The smallest absolute Gasteiger partial charge is 0.416 e. The van der Waals surface area contributed by atoms with E-state index in [1.807, 2.05) is 30.3 Å². The van der Waals surface area contributed by atoms with Gasteiger partial charge in [-0.25, -0.2) is 14.0 Å². The summed E-state index contributed by atoms with van der Waals surface area (Å²) in [5, 5.41) is 12.2. The number of anilines is 1. The quantitative estimate of drug-likeness (QED) is 0.244. The lowest BCUT2D eigenvalue weighted by Gasteiger charge is -2.43. The molecule has 0 bridgehead atoms. The number of carbonyl (C=O) groups is 5. The second-order valence-electron chi connectivity index (χ2n) is 12.5. The predicted molar refractivity (Wildman–Crippen MR) is 169 cm³/mol. The van der Waals surface area contributed by atoms with Gasteiger partial charge in [0.15, 0.2) is 0 Å². The largest absolute Gasteiger partial charge is 0.478 e. The van der Waals surface area contributed by atoms with E-state index >= 15 is 0 Å². The van der Waals surface area contributed by atoms with E-state index in [0.717, 1.165) is 10.5 Å². The molecular formula is C35H34F4N4O6. The summed E-state index contributed by atoms with van der Waals surface area (Å²) in [5.41, 5.74) is -1.85. The number of carbonyl (C=O) groups excluding carboxylic acids is 4. The number of urea groups is 1. The summed E-state index contributed by atoms with van der Waals surface area (Å²) in [7, 11) is 1.34. The Bertz CT molecular complexity index is 1810. The van der Waals surface area contributed by atoms with Crippen molar-refractivity contribution in [2.45, 2.75) is 50.9 Å². The number of carboxylic acid groups (broad SMARTS) is 1. The molecule has 0 radical (unpaired) electrons. The third-order valence-corrected chi connectivity index (χ3v) is 9.08. The number of hydrogen-bond donors (Lipinski definition) is 2. The van der Waals surface area contributed by atoms with Crippen LogP contribution in [0, 0.1) is 11.7 Å². The number of nitrogens with one attached hydrogen (secondary N) is 1. The number of likely N-dealkylation sites (N-methyl/N-ethyl adjacent to an activating group) is 1. The average Bonchev–Trinajstić information content (AvgIpc) is 3.23. The molecule has 5 rings (SSSR count). The normalized spacial score (nSPS) is 16.8. The van der Waals surface area contributed by atoms with E-state index < -0.39 is 70.3 Å². The molecule has 258 valence electrons. The fourth-order valence-corrected chi connectivity index (χ4v) is 6.41. The Kier molecular flexibility index (Phi) is 9.53. The van der Waals surface area contributed by atoms with Gasteiger partial charge < -0.3 is 15.3 Å². The summed E-state index contributed by atoms with van der Waals surface area (Å²) in [5.74, 6) is -5.15. The van der Waals surface area contributed by atoms with Gasteiger partial charge in [-0.15, -0.1) is 0 Å². The number of piperidine rings is 1. The monoisotopic (exact) mass is 682 g/mol. The zero-order valence-electron chi connectivity index (χ0n) is 26.9. The Morgan fingerprint density at radius 2 is 1.59 bits per heavy atom. The molecule has 3 aromatic rings. The maximum Gasteiger partial charge on any atom is 0.416 e. The summed E-state index contributed by atoms with van der Waals surface area (Å²) >= 11 is 0. The molecule has 49 heavy (non-hydrogen) atoms. The molecule has 2 heterocycles. The van der Waals surface area contributed by atoms with Crippen molar-refractivity contribution < 1.29 is 46.6 Å². The van der Waals surface area contributed by atoms with Crippen molar-refractivity contribution >= 4 is 35.4 Å². The summed E-state index contributed by atoms with van der Waals surface area (Å²) in [6.45, 7) is 3.17. The van der Waals surface area contributed by atoms with Gasteiger partial charge in [-0.2, -0.15) is 13.2 Å². The van der Waals surface area contributed by atoms with Crippen LogP contribution in [0.3, 0.4) is 0 Å². The number of carboxylic acids is 1. The molecule has 5 amide bonds. The molecule has 2 fully saturated rings. The SMILES string of the molecule is CC(C)[C@@H](NC(=O)c1cc(C(F)(F)F)ccc1F)C(=O)N1CCC2(CC1)C(=O)N(C)C(=O)N2c1ccc(C(=O)O)c(Cc2ccccc2)c1. The van der Waals surface area contributed by atoms with Gasteiger partial charge in [0, 0.05) is 25.8 Å². The van der Waals surface area contributed by atoms with Crippen molar-refractivity contribution in [3.05, 3.63) is 100 Å². The molecule has 1 spiro atoms. The maximum atomic E-state index is 14.4. The van der Waals surface area contributed by atoms with E-state index in [1.165, 1.54) is 29.0 Å². The Morgan fingerprint density at radius 1 is 0.939 bits per heavy atom. The van der Waals surface area contributed by atoms with Crippen molar-refractivity contribution in [3.63, 3.8) is 0 Å². The van der Waals surface area contributed by atoms with Gasteiger partial charge in [-0.3, -0.25) is 24.2 Å². The average molecular weight is 683 g/mol. The molecule has 2 N–H and O–H groups in total. The molecule has 1 atom stereocenters. The molecule has 14 heteroatoms. The second-order valence-corrected chi connectivity index (χ2v) is 12.5. The van der Waals surface area contributed by atoms with Crippen LogP contribution in [-0.4, -0.2) is 76.3 Å². The van der Waals surface area contributed by atoms with Crippen LogP contribution < -0.4 is 10.2 Å². The van der Waals surface area contributed by atoms with Crippen LogP contribution >= 0.6 is 0 Å². The van der Waals surface area contributed by atoms with E-state index in [0.29, 0.717) is 29.4 Å². The van der Waals surface area contributed by atoms with Gasteiger partial charge in [0.1, 0.15) is 17.4 Å².